The molecule has 0 unspecified atom stereocenters. The summed E-state index contributed by atoms with van der Waals surface area (Å²) in [4.78, 5) is 10.2. The highest BCUT2D eigenvalue weighted by Crippen LogP contribution is 2.11. The first kappa shape index (κ1) is 10.1. The Kier molecular flexibility index (Phi) is 4.33. The average Bonchev–Trinajstić information content (AvgIpc) is 2.17. The van der Waals surface area contributed by atoms with Crippen molar-refractivity contribution in [2.45, 2.75) is 6.42 Å². The Labute approximate surface area is 82.5 Å². The lowest BCUT2D eigenvalue weighted by Gasteiger charge is -2.03. The normalized spacial score (nSPS) is 9.62. The molecule has 13 heavy (non-hydrogen) atoms. The van der Waals surface area contributed by atoms with Crippen molar-refractivity contribution in [3.8, 4) is 5.75 Å². The van der Waals surface area contributed by atoms with Crippen LogP contribution in [-0.2, 0) is 11.2 Å². The van der Waals surface area contributed by atoms with Gasteiger partial charge >= 0.3 is 0 Å². The lowest BCUT2D eigenvalue weighted by molar-refractivity contribution is -0.107. The molecular formula is C10H11ClO2. The molecule has 0 aliphatic heterocycles. The van der Waals surface area contributed by atoms with Crippen molar-refractivity contribution in [3.05, 3.63) is 29.8 Å². The standard InChI is InChI=1S/C10H11ClO2/c11-6-8-13-10-3-1-9(2-4-10)5-7-12/h1-4,7H,5-6,8H2. The van der Waals surface area contributed by atoms with Gasteiger partial charge in [0.2, 0.25) is 0 Å². The van der Waals surface area contributed by atoms with E-state index in [-0.39, 0.29) is 0 Å². The minimum atomic E-state index is 0.454. The summed E-state index contributed by atoms with van der Waals surface area (Å²) in [6.45, 7) is 0.509. The van der Waals surface area contributed by atoms with Gasteiger partial charge in [0.15, 0.2) is 0 Å². The molecule has 0 N–H and O–H groups in total. The zero-order chi connectivity index (χ0) is 9.52. The highest BCUT2D eigenvalue weighted by Gasteiger charge is 1.94. The summed E-state index contributed by atoms with van der Waals surface area (Å²) >= 11 is 5.46. The Balaban J connectivity index is 2.53. The van der Waals surface area contributed by atoms with Crippen LogP contribution in [0.3, 0.4) is 0 Å². The molecule has 1 rings (SSSR count). The Morgan fingerprint density at radius 3 is 2.54 bits per heavy atom. The molecule has 0 heterocycles. The Hall–Kier alpha value is -1.02. The molecule has 3 heteroatoms. The zero-order valence-electron chi connectivity index (χ0n) is 7.20. The number of rotatable bonds is 5. The summed E-state index contributed by atoms with van der Waals surface area (Å²) in [6, 6.07) is 7.42. The first-order valence-corrected chi connectivity index (χ1v) is 4.61. The summed E-state index contributed by atoms with van der Waals surface area (Å²) in [6.07, 6.45) is 1.34. The monoisotopic (exact) mass is 198 g/mol. The van der Waals surface area contributed by atoms with Crippen LogP contribution in [0.2, 0.25) is 0 Å². The maximum absolute atomic E-state index is 10.2. The number of carbonyl (C=O) groups excluding carboxylic acids is 1. The predicted octanol–water partition coefficient (Wildman–Crippen LogP) is 2.05. The van der Waals surface area contributed by atoms with Crippen LogP contribution < -0.4 is 4.74 Å². The van der Waals surface area contributed by atoms with Crippen molar-refractivity contribution in [3.63, 3.8) is 0 Å². The van der Waals surface area contributed by atoms with E-state index in [0.717, 1.165) is 17.6 Å². The molecule has 0 saturated carbocycles. The van der Waals surface area contributed by atoms with Crippen molar-refractivity contribution in [1.82, 2.24) is 0 Å². The molecule has 0 saturated heterocycles. The number of hydrogen-bond donors (Lipinski definition) is 0. The van der Waals surface area contributed by atoms with Gasteiger partial charge < -0.3 is 9.53 Å². The topological polar surface area (TPSA) is 26.3 Å². The lowest BCUT2D eigenvalue weighted by atomic mass is 10.2. The molecule has 70 valence electrons. The number of aldehydes is 1. The van der Waals surface area contributed by atoms with Gasteiger partial charge in [-0.1, -0.05) is 12.1 Å². The van der Waals surface area contributed by atoms with Gasteiger partial charge in [-0.15, -0.1) is 11.6 Å². The number of alkyl halides is 1. The van der Waals surface area contributed by atoms with E-state index in [2.05, 4.69) is 0 Å². The fourth-order valence-electron chi connectivity index (χ4n) is 0.974. The number of halogens is 1. The smallest absolute Gasteiger partial charge is 0.124 e. The summed E-state index contributed by atoms with van der Waals surface area (Å²) in [5, 5.41) is 0. The Bertz CT molecular complexity index is 256. The lowest BCUT2D eigenvalue weighted by Crippen LogP contribution is -1.97. The van der Waals surface area contributed by atoms with Crippen molar-refractivity contribution >= 4 is 17.9 Å². The van der Waals surface area contributed by atoms with Crippen LogP contribution in [0.5, 0.6) is 5.75 Å². The second-order valence-electron chi connectivity index (χ2n) is 2.55. The van der Waals surface area contributed by atoms with Gasteiger partial charge in [-0.3, -0.25) is 0 Å². The zero-order valence-corrected chi connectivity index (χ0v) is 7.96. The van der Waals surface area contributed by atoms with E-state index in [1.807, 2.05) is 24.3 Å². The van der Waals surface area contributed by atoms with Crippen LogP contribution in [0.15, 0.2) is 24.3 Å². The van der Waals surface area contributed by atoms with Gasteiger partial charge in [0.1, 0.15) is 18.6 Å². The molecule has 0 aromatic heterocycles. The molecule has 0 fully saturated rings. The minimum absolute atomic E-state index is 0.454. The molecule has 1 aromatic rings. The van der Waals surface area contributed by atoms with E-state index in [1.54, 1.807) is 0 Å². The van der Waals surface area contributed by atoms with Crippen LogP contribution in [0.1, 0.15) is 5.56 Å². The summed E-state index contributed by atoms with van der Waals surface area (Å²) < 4.78 is 5.27. The van der Waals surface area contributed by atoms with Gasteiger partial charge in [0.05, 0.1) is 5.88 Å². The Morgan fingerprint density at radius 1 is 1.31 bits per heavy atom. The van der Waals surface area contributed by atoms with E-state index in [9.17, 15) is 4.79 Å². The maximum Gasteiger partial charge on any atom is 0.124 e. The fraction of sp³-hybridized carbons (Fsp3) is 0.300. The molecule has 0 amide bonds. The quantitative estimate of drug-likeness (QED) is 0.535. The van der Waals surface area contributed by atoms with E-state index >= 15 is 0 Å². The first-order chi connectivity index (χ1) is 6.36. The van der Waals surface area contributed by atoms with Gasteiger partial charge in [0.25, 0.3) is 0 Å². The largest absolute Gasteiger partial charge is 0.492 e. The highest BCUT2D eigenvalue weighted by molar-refractivity contribution is 6.17. The van der Waals surface area contributed by atoms with E-state index in [0.29, 0.717) is 18.9 Å². The number of hydrogen-bond acceptors (Lipinski definition) is 2. The van der Waals surface area contributed by atoms with Crippen molar-refractivity contribution in [2.24, 2.45) is 0 Å². The Morgan fingerprint density at radius 2 is 2.00 bits per heavy atom. The van der Waals surface area contributed by atoms with Crippen LogP contribution in [0.25, 0.3) is 0 Å². The van der Waals surface area contributed by atoms with Crippen LogP contribution in [0.4, 0.5) is 0 Å². The molecule has 0 bridgehead atoms. The molecule has 2 nitrogen and oxygen atoms in total. The summed E-state index contributed by atoms with van der Waals surface area (Å²) in [5.41, 5.74) is 0.994. The average molecular weight is 199 g/mol. The van der Waals surface area contributed by atoms with Crippen LogP contribution in [0, 0.1) is 0 Å². The predicted molar refractivity (Wildman–Crippen MR) is 52.4 cm³/mol. The number of benzene rings is 1. The highest BCUT2D eigenvalue weighted by atomic mass is 35.5. The number of carbonyl (C=O) groups is 1. The van der Waals surface area contributed by atoms with Crippen LogP contribution in [-0.4, -0.2) is 18.8 Å². The van der Waals surface area contributed by atoms with Gasteiger partial charge in [-0.25, -0.2) is 0 Å². The van der Waals surface area contributed by atoms with Gasteiger partial charge in [-0.2, -0.15) is 0 Å². The molecule has 0 atom stereocenters. The minimum Gasteiger partial charge on any atom is -0.492 e. The van der Waals surface area contributed by atoms with Crippen LogP contribution >= 0.6 is 11.6 Å². The van der Waals surface area contributed by atoms with Gasteiger partial charge in [0, 0.05) is 6.42 Å². The van der Waals surface area contributed by atoms with E-state index < -0.39 is 0 Å². The van der Waals surface area contributed by atoms with Crippen molar-refractivity contribution in [1.29, 1.82) is 0 Å². The first-order valence-electron chi connectivity index (χ1n) is 4.08. The molecule has 0 aliphatic rings. The summed E-state index contributed by atoms with van der Waals surface area (Å²) in [5.74, 6) is 1.27. The summed E-state index contributed by atoms with van der Waals surface area (Å²) in [7, 11) is 0. The maximum atomic E-state index is 10.2. The van der Waals surface area contributed by atoms with E-state index in [1.165, 1.54) is 0 Å². The molecular weight excluding hydrogens is 188 g/mol. The molecule has 0 spiro atoms. The second kappa shape index (κ2) is 5.60. The van der Waals surface area contributed by atoms with Crippen molar-refractivity contribution < 1.29 is 9.53 Å². The molecule has 1 aromatic carbocycles. The molecule has 0 aliphatic carbocycles. The SMILES string of the molecule is O=CCc1ccc(OCCCl)cc1. The van der Waals surface area contributed by atoms with Crippen molar-refractivity contribution in [2.75, 3.05) is 12.5 Å². The van der Waals surface area contributed by atoms with E-state index in [4.69, 9.17) is 16.3 Å². The fourth-order valence-corrected chi connectivity index (χ4v) is 1.05. The van der Waals surface area contributed by atoms with Gasteiger partial charge in [-0.05, 0) is 17.7 Å². The number of ether oxygens (including phenoxy) is 1. The third kappa shape index (κ3) is 3.47. The third-order valence-corrected chi connectivity index (χ3v) is 1.74. The molecule has 0 radical (unpaired) electrons. The third-order valence-electron chi connectivity index (χ3n) is 1.59. The second-order valence-corrected chi connectivity index (χ2v) is 2.93.